The predicted molar refractivity (Wildman–Crippen MR) is 135 cm³/mol. The summed E-state index contributed by atoms with van der Waals surface area (Å²) in [6, 6.07) is 12.1. The van der Waals surface area contributed by atoms with Gasteiger partial charge in [0.05, 0.1) is 16.2 Å². The van der Waals surface area contributed by atoms with E-state index in [0.29, 0.717) is 22.7 Å². The number of benzene rings is 2. The molecule has 2 aromatic carbocycles. The van der Waals surface area contributed by atoms with Gasteiger partial charge in [0.2, 0.25) is 0 Å². The van der Waals surface area contributed by atoms with Crippen LogP contribution in [-0.2, 0) is 28.6 Å². The van der Waals surface area contributed by atoms with Gasteiger partial charge in [-0.15, -0.1) is 0 Å². The average molecular weight is 481 g/mol. The van der Waals surface area contributed by atoms with Crippen molar-refractivity contribution in [3.05, 3.63) is 81.7 Å². The maximum Gasteiger partial charge on any atom is 0.335 e. The summed E-state index contributed by atoms with van der Waals surface area (Å²) in [5, 5.41) is 9.29. The summed E-state index contributed by atoms with van der Waals surface area (Å²) in [6.07, 6.45) is 0.745. The molecule has 0 spiro atoms. The number of carbonyl (C=O) groups is 1. The van der Waals surface area contributed by atoms with Crippen molar-refractivity contribution < 1.29 is 18.3 Å². The van der Waals surface area contributed by atoms with Gasteiger partial charge in [-0.25, -0.2) is 13.2 Å². The van der Waals surface area contributed by atoms with E-state index in [1.54, 1.807) is 6.92 Å². The third kappa shape index (κ3) is 5.37. The first-order chi connectivity index (χ1) is 15.9. The minimum absolute atomic E-state index is 0.0839. The molecule has 0 fully saturated rings. The Morgan fingerprint density at radius 2 is 1.68 bits per heavy atom. The van der Waals surface area contributed by atoms with Crippen LogP contribution in [0.15, 0.2) is 47.4 Å². The second-order valence-corrected chi connectivity index (χ2v) is 11.2. The van der Waals surface area contributed by atoms with Gasteiger partial charge in [-0.05, 0) is 79.1 Å². The van der Waals surface area contributed by atoms with Crippen LogP contribution < -0.4 is 5.73 Å². The topological polar surface area (TPSA) is 110 Å². The lowest BCUT2D eigenvalue weighted by molar-refractivity contribution is 0.0696. The van der Waals surface area contributed by atoms with Crippen molar-refractivity contribution >= 4 is 15.8 Å². The number of nitrogens with zero attached hydrogens (tertiary/aromatic N) is 1. The molecule has 0 aliphatic rings. The van der Waals surface area contributed by atoms with Gasteiger partial charge in [0.25, 0.3) is 0 Å². The largest absolute Gasteiger partial charge is 0.478 e. The number of aryl methyl sites for hydroxylation is 3. The van der Waals surface area contributed by atoms with Crippen molar-refractivity contribution in [1.82, 2.24) is 4.98 Å². The second-order valence-electron chi connectivity index (χ2n) is 9.19. The molecule has 3 N–H and O–H groups in total. The fourth-order valence-electron chi connectivity index (χ4n) is 4.21. The van der Waals surface area contributed by atoms with Crippen LogP contribution in [0.5, 0.6) is 0 Å². The Hall–Kier alpha value is -3.03. The fraction of sp³-hybridized carbons (Fsp3) is 0.333. The molecule has 1 aromatic heterocycles. The Morgan fingerprint density at radius 3 is 2.21 bits per heavy atom. The molecule has 180 valence electrons. The van der Waals surface area contributed by atoms with Gasteiger partial charge in [0.1, 0.15) is 0 Å². The molecule has 0 bridgehead atoms. The van der Waals surface area contributed by atoms with E-state index >= 15 is 0 Å². The van der Waals surface area contributed by atoms with Crippen molar-refractivity contribution in [2.24, 2.45) is 11.7 Å². The van der Waals surface area contributed by atoms with Gasteiger partial charge in [-0.2, -0.15) is 0 Å². The molecular weight excluding hydrogens is 448 g/mol. The van der Waals surface area contributed by atoms with Crippen LogP contribution in [0.2, 0.25) is 0 Å². The number of rotatable bonds is 8. The van der Waals surface area contributed by atoms with E-state index in [4.69, 9.17) is 10.7 Å². The first-order valence-electron chi connectivity index (χ1n) is 11.3. The smallest absolute Gasteiger partial charge is 0.335 e. The SMILES string of the molecule is Cc1ccc(-c2c(CS(=O)(=O)c3ccc(C(=O)O)c(C)c3)c(C)nc(CC(C)C)c2CN)cc1. The molecule has 3 rings (SSSR count). The van der Waals surface area contributed by atoms with Crippen LogP contribution in [0.1, 0.15) is 57.8 Å². The zero-order valence-electron chi connectivity index (χ0n) is 20.3. The standard InChI is InChI=1S/C27H32N2O4S/c1-16(2)12-25-23(14-28)26(20-8-6-17(3)7-9-20)24(19(5)29-25)15-34(32,33)21-10-11-22(27(30)31)18(4)13-21/h6-11,13,16H,12,14-15,28H2,1-5H3,(H,30,31). The molecule has 0 unspecified atom stereocenters. The van der Waals surface area contributed by atoms with Crippen LogP contribution in [-0.4, -0.2) is 24.5 Å². The van der Waals surface area contributed by atoms with Crippen LogP contribution in [0.3, 0.4) is 0 Å². The second kappa shape index (κ2) is 10.1. The first-order valence-corrected chi connectivity index (χ1v) is 12.9. The minimum atomic E-state index is -3.77. The predicted octanol–water partition coefficient (Wildman–Crippen LogP) is 5.00. The quantitative estimate of drug-likeness (QED) is 0.469. The number of hydrogen-bond acceptors (Lipinski definition) is 5. The van der Waals surface area contributed by atoms with Gasteiger partial charge < -0.3 is 10.8 Å². The third-order valence-electron chi connectivity index (χ3n) is 5.96. The maximum atomic E-state index is 13.5. The van der Waals surface area contributed by atoms with Crippen molar-refractivity contribution in [1.29, 1.82) is 0 Å². The van der Waals surface area contributed by atoms with E-state index in [0.717, 1.165) is 34.4 Å². The summed E-state index contributed by atoms with van der Waals surface area (Å²) in [5.74, 6) is -0.972. The number of carboxylic acid groups (broad SMARTS) is 1. The Morgan fingerprint density at radius 1 is 1.03 bits per heavy atom. The summed E-state index contributed by atoms with van der Waals surface area (Å²) in [7, 11) is -3.77. The zero-order chi connectivity index (χ0) is 25.2. The van der Waals surface area contributed by atoms with Gasteiger partial charge in [-0.3, -0.25) is 4.98 Å². The van der Waals surface area contributed by atoms with Crippen molar-refractivity contribution in [3.8, 4) is 11.1 Å². The molecule has 0 amide bonds. The van der Waals surface area contributed by atoms with Gasteiger partial charge >= 0.3 is 5.97 Å². The van der Waals surface area contributed by atoms with Crippen molar-refractivity contribution in [2.75, 3.05) is 0 Å². The highest BCUT2D eigenvalue weighted by atomic mass is 32.2. The fourth-order valence-corrected chi connectivity index (χ4v) is 5.74. The normalized spacial score (nSPS) is 11.7. The molecule has 3 aromatic rings. The highest BCUT2D eigenvalue weighted by molar-refractivity contribution is 7.90. The molecule has 1 heterocycles. The number of aromatic nitrogens is 1. The van der Waals surface area contributed by atoms with Gasteiger partial charge in [0, 0.05) is 17.9 Å². The molecule has 0 radical (unpaired) electrons. The van der Waals surface area contributed by atoms with Crippen LogP contribution in [0.4, 0.5) is 0 Å². The summed E-state index contributed by atoms with van der Waals surface area (Å²) in [5.41, 5.74) is 12.6. The highest BCUT2D eigenvalue weighted by Crippen LogP contribution is 2.35. The van der Waals surface area contributed by atoms with Crippen LogP contribution in [0, 0.1) is 26.7 Å². The highest BCUT2D eigenvalue weighted by Gasteiger charge is 2.25. The summed E-state index contributed by atoms with van der Waals surface area (Å²) < 4.78 is 27.0. The molecular formula is C27H32N2O4S. The minimum Gasteiger partial charge on any atom is -0.478 e. The summed E-state index contributed by atoms with van der Waals surface area (Å²) >= 11 is 0. The lowest BCUT2D eigenvalue weighted by Gasteiger charge is -2.21. The molecule has 0 saturated carbocycles. The Kier molecular flexibility index (Phi) is 7.58. The third-order valence-corrected chi connectivity index (χ3v) is 7.60. The summed E-state index contributed by atoms with van der Waals surface area (Å²) in [6.45, 7) is 9.92. The number of aromatic carboxylic acids is 1. The molecule has 6 nitrogen and oxygen atoms in total. The lowest BCUT2D eigenvalue weighted by atomic mass is 9.90. The van der Waals surface area contributed by atoms with Crippen LogP contribution in [0.25, 0.3) is 11.1 Å². The average Bonchev–Trinajstić information content (AvgIpc) is 2.75. The number of hydrogen-bond donors (Lipinski definition) is 2. The Bertz CT molecular complexity index is 1330. The van der Waals surface area contributed by atoms with Crippen LogP contribution >= 0.6 is 0 Å². The number of nitrogens with two attached hydrogens (primary N) is 1. The Labute approximate surface area is 201 Å². The van der Waals surface area contributed by atoms with E-state index in [9.17, 15) is 18.3 Å². The molecule has 0 aliphatic carbocycles. The van der Waals surface area contributed by atoms with E-state index in [1.165, 1.54) is 18.2 Å². The zero-order valence-corrected chi connectivity index (χ0v) is 21.2. The van der Waals surface area contributed by atoms with Gasteiger partial charge in [0.15, 0.2) is 9.84 Å². The maximum absolute atomic E-state index is 13.5. The van der Waals surface area contributed by atoms with E-state index in [-0.39, 0.29) is 22.8 Å². The monoisotopic (exact) mass is 480 g/mol. The number of carboxylic acids is 1. The molecule has 0 saturated heterocycles. The first kappa shape index (κ1) is 25.6. The van der Waals surface area contributed by atoms with E-state index < -0.39 is 15.8 Å². The molecule has 0 aliphatic heterocycles. The number of pyridine rings is 1. The molecule has 34 heavy (non-hydrogen) atoms. The van der Waals surface area contributed by atoms with Crippen molar-refractivity contribution in [3.63, 3.8) is 0 Å². The molecule has 7 heteroatoms. The Balaban J connectivity index is 2.21. The summed E-state index contributed by atoms with van der Waals surface area (Å²) in [4.78, 5) is 16.2. The van der Waals surface area contributed by atoms with Gasteiger partial charge in [-0.1, -0.05) is 43.7 Å². The molecule has 0 atom stereocenters. The van der Waals surface area contributed by atoms with Crippen molar-refractivity contribution in [2.45, 2.75) is 58.2 Å². The lowest BCUT2D eigenvalue weighted by Crippen LogP contribution is -2.16. The number of sulfone groups is 1. The van der Waals surface area contributed by atoms with E-state index in [2.05, 4.69) is 13.8 Å². The van der Waals surface area contributed by atoms with E-state index in [1.807, 2.05) is 38.1 Å².